The minimum Gasteiger partial charge on any atom is -0.379 e. The molecular formula is C29H42N2O6S2. The molecule has 1 heterocycles. The largest absolute Gasteiger partial charge is 0.379 e. The maximum atomic E-state index is 12.6. The van der Waals surface area contributed by atoms with E-state index in [2.05, 4.69) is 19.2 Å². The van der Waals surface area contributed by atoms with Gasteiger partial charge in [0.1, 0.15) is 10.6 Å². The monoisotopic (exact) mass is 578 g/mol. The summed E-state index contributed by atoms with van der Waals surface area (Å²) in [6.07, 6.45) is 10.1. The van der Waals surface area contributed by atoms with Crippen molar-refractivity contribution in [3.05, 3.63) is 54.1 Å². The van der Waals surface area contributed by atoms with Crippen molar-refractivity contribution in [1.29, 1.82) is 0 Å². The second kappa shape index (κ2) is 14.3. The van der Waals surface area contributed by atoms with Gasteiger partial charge in [-0.15, -0.1) is 0 Å². The molecule has 1 N–H and O–H groups in total. The van der Waals surface area contributed by atoms with Crippen LogP contribution in [0.25, 0.3) is 0 Å². The Hall–Kier alpha value is -2.43. The molecule has 3 rings (SSSR count). The maximum Gasteiger partial charge on any atom is 0.339 e. The molecule has 10 heteroatoms. The molecule has 1 fully saturated rings. The Bertz CT molecular complexity index is 1280. The van der Waals surface area contributed by atoms with Gasteiger partial charge in [-0.1, -0.05) is 31.9 Å². The van der Waals surface area contributed by atoms with Gasteiger partial charge in [0.05, 0.1) is 4.90 Å². The Balaban J connectivity index is 1.45. The number of rotatable bonds is 14. The third-order valence-electron chi connectivity index (χ3n) is 7.13. The van der Waals surface area contributed by atoms with Crippen molar-refractivity contribution in [3.8, 4) is 5.75 Å². The van der Waals surface area contributed by atoms with Crippen molar-refractivity contribution in [2.45, 2.75) is 93.5 Å². The topological polar surface area (TPSA) is 110 Å². The maximum absolute atomic E-state index is 12.6. The highest BCUT2D eigenvalue weighted by molar-refractivity contribution is 7.90. The molecule has 2 aromatic carbocycles. The highest BCUT2D eigenvalue weighted by atomic mass is 32.2. The average Bonchev–Trinajstić information content (AvgIpc) is 3.10. The number of sulfone groups is 1. The van der Waals surface area contributed by atoms with Crippen LogP contribution in [-0.4, -0.2) is 59.1 Å². The number of hydrogen-bond donors (Lipinski definition) is 1. The average molecular weight is 579 g/mol. The first-order valence-electron chi connectivity index (χ1n) is 13.9. The van der Waals surface area contributed by atoms with Crippen LogP contribution in [0.1, 0.15) is 70.8 Å². The van der Waals surface area contributed by atoms with Crippen LogP contribution in [0.5, 0.6) is 5.75 Å². The van der Waals surface area contributed by atoms with Gasteiger partial charge in [0.25, 0.3) is 0 Å². The molecule has 216 valence electrons. The van der Waals surface area contributed by atoms with Gasteiger partial charge in [0, 0.05) is 37.8 Å². The quantitative estimate of drug-likeness (QED) is 0.255. The molecule has 0 aliphatic carbocycles. The Morgan fingerprint density at radius 2 is 1.59 bits per heavy atom. The number of hydrogen-bond acceptors (Lipinski definition) is 7. The molecule has 1 amide bonds. The molecule has 0 radical (unpaired) electrons. The molecule has 8 nitrogen and oxygen atoms in total. The molecule has 2 aromatic rings. The Labute approximate surface area is 234 Å². The number of nitrogens with one attached hydrogen (secondary N) is 1. The van der Waals surface area contributed by atoms with Crippen LogP contribution in [0.15, 0.2) is 58.3 Å². The van der Waals surface area contributed by atoms with Crippen LogP contribution in [0.2, 0.25) is 0 Å². The van der Waals surface area contributed by atoms with Crippen LogP contribution in [0.3, 0.4) is 0 Å². The van der Waals surface area contributed by atoms with Gasteiger partial charge in [-0.2, -0.15) is 8.42 Å². The summed E-state index contributed by atoms with van der Waals surface area (Å²) >= 11 is 0. The van der Waals surface area contributed by atoms with E-state index in [9.17, 15) is 21.6 Å². The molecule has 1 saturated heterocycles. The number of carbonyl (C=O) groups is 1. The highest BCUT2D eigenvalue weighted by Gasteiger charge is 2.19. The van der Waals surface area contributed by atoms with Crippen molar-refractivity contribution in [2.24, 2.45) is 0 Å². The van der Waals surface area contributed by atoms with Crippen LogP contribution in [0.4, 0.5) is 0 Å². The van der Waals surface area contributed by atoms with Crippen molar-refractivity contribution in [2.75, 3.05) is 19.3 Å². The second-order valence-electron chi connectivity index (χ2n) is 10.5. The zero-order chi connectivity index (χ0) is 28.5. The summed E-state index contributed by atoms with van der Waals surface area (Å²) in [7, 11) is -7.50. The summed E-state index contributed by atoms with van der Waals surface area (Å²) in [5, 5.41) is 3.71. The Kier molecular flexibility index (Phi) is 11.4. The predicted octanol–water partition coefficient (Wildman–Crippen LogP) is 4.73. The first-order valence-corrected chi connectivity index (χ1v) is 17.2. The van der Waals surface area contributed by atoms with E-state index in [0.29, 0.717) is 18.4 Å². The SMILES string of the molecule is CCC(CCCCN1CCCCCC1=O)NC(C)Cc1ccc(OS(=O)(=O)c2ccc(S(C)(=O)=O)cc2)cc1. The van der Waals surface area contributed by atoms with Crippen molar-refractivity contribution >= 4 is 25.9 Å². The van der Waals surface area contributed by atoms with E-state index < -0.39 is 20.0 Å². The molecule has 39 heavy (non-hydrogen) atoms. The fourth-order valence-electron chi connectivity index (χ4n) is 4.90. The number of carbonyl (C=O) groups excluding carboxylic acids is 1. The van der Waals surface area contributed by atoms with Gasteiger partial charge >= 0.3 is 10.1 Å². The number of likely N-dealkylation sites (tertiary alicyclic amines) is 1. The van der Waals surface area contributed by atoms with Crippen LogP contribution < -0.4 is 9.50 Å². The lowest BCUT2D eigenvalue weighted by atomic mass is 10.0. The van der Waals surface area contributed by atoms with Gasteiger partial charge in [0.15, 0.2) is 9.84 Å². The summed E-state index contributed by atoms with van der Waals surface area (Å²) in [6, 6.07) is 12.6. The summed E-state index contributed by atoms with van der Waals surface area (Å²) in [4.78, 5) is 14.1. The molecule has 1 aliphatic heterocycles. The van der Waals surface area contributed by atoms with E-state index in [4.69, 9.17) is 4.18 Å². The van der Waals surface area contributed by atoms with Gasteiger partial charge in [-0.25, -0.2) is 8.42 Å². The van der Waals surface area contributed by atoms with Gasteiger partial charge in [0.2, 0.25) is 5.91 Å². The summed E-state index contributed by atoms with van der Waals surface area (Å²) < 4.78 is 53.7. The Morgan fingerprint density at radius 3 is 2.23 bits per heavy atom. The molecule has 2 unspecified atom stereocenters. The molecule has 1 aliphatic rings. The van der Waals surface area contributed by atoms with Crippen molar-refractivity contribution < 1.29 is 25.8 Å². The highest BCUT2D eigenvalue weighted by Crippen LogP contribution is 2.21. The number of unbranched alkanes of at least 4 members (excludes halogenated alkanes) is 1. The lowest BCUT2D eigenvalue weighted by Crippen LogP contribution is -2.37. The fourth-order valence-corrected chi connectivity index (χ4v) is 6.46. The summed E-state index contributed by atoms with van der Waals surface area (Å²) in [6.45, 7) is 6.10. The van der Waals surface area contributed by atoms with E-state index in [1.54, 1.807) is 12.1 Å². The fraction of sp³-hybridized carbons (Fsp3) is 0.552. The second-order valence-corrected chi connectivity index (χ2v) is 14.1. The van der Waals surface area contributed by atoms with E-state index in [1.807, 2.05) is 17.0 Å². The first kappa shape index (κ1) is 31.1. The van der Waals surface area contributed by atoms with Crippen molar-refractivity contribution in [3.63, 3.8) is 0 Å². The summed E-state index contributed by atoms with van der Waals surface area (Å²) in [5.41, 5.74) is 1.06. The van der Waals surface area contributed by atoms with Gasteiger partial charge < -0.3 is 14.4 Å². The zero-order valence-corrected chi connectivity index (χ0v) is 24.9. The van der Waals surface area contributed by atoms with E-state index in [-0.39, 0.29) is 21.6 Å². The van der Waals surface area contributed by atoms with Gasteiger partial charge in [-0.05, 0) is 87.4 Å². The van der Waals surface area contributed by atoms with Crippen LogP contribution >= 0.6 is 0 Å². The molecule has 0 spiro atoms. The predicted molar refractivity (Wildman–Crippen MR) is 153 cm³/mol. The molecule has 0 bridgehead atoms. The summed E-state index contributed by atoms with van der Waals surface area (Å²) in [5.74, 6) is 0.504. The van der Waals surface area contributed by atoms with E-state index >= 15 is 0 Å². The van der Waals surface area contributed by atoms with Crippen molar-refractivity contribution in [1.82, 2.24) is 10.2 Å². The molecular weight excluding hydrogens is 536 g/mol. The van der Waals surface area contributed by atoms with Crippen LogP contribution in [-0.2, 0) is 31.2 Å². The lowest BCUT2D eigenvalue weighted by molar-refractivity contribution is -0.130. The lowest BCUT2D eigenvalue weighted by Gasteiger charge is -2.24. The minimum atomic E-state index is -4.08. The van der Waals surface area contributed by atoms with Gasteiger partial charge in [-0.3, -0.25) is 4.79 Å². The van der Waals surface area contributed by atoms with E-state index in [0.717, 1.165) is 76.3 Å². The van der Waals surface area contributed by atoms with E-state index in [1.165, 1.54) is 24.3 Å². The smallest absolute Gasteiger partial charge is 0.339 e. The third kappa shape index (κ3) is 9.92. The minimum absolute atomic E-state index is 0.0446. The van der Waals surface area contributed by atoms with Crippen LogP contribution in [0, 0.1) is 0 Å². The Morgan fingerprint density at radius 1 is 0.923 bits per heavy atom. The third-order valence-corrected chi connectivity index (χ3v) is 9.52. The number of amides is 1. The zero-order valence-electron chi connectivity index (χ0n) is 23.3. The standard InChI is InChI=1S/C29H42N2O6S2/c1-4-25(10-7-9-21-31-20-8-5-6-11-29(31)32)30-23(2)22-24-12-14-26(15-13-24)37-39(35,36)28-18-16-27(17-19-28)38(3,33)34/h12-19,23,25,30H,4-11,20-22H2,1-3H3. The normalized spacial score (nSPS) is 16.5. The molecule has 0 aromatic heterocycles. The molecule has 0 saturated carbocycles. The first-order chi connectivity index (χ1) is 18.5. The number of benzene rings is 2. The number of nitrogens with zero attached hydrogens (tertiary/aromatic N) is 1. The molecule has 2 atom stereocenters.